The van der Waals surface area contributed by atoms with Gasteiger partial charge in [-0.05, 0) is 55.5 Å². The van der Waals surface area contributed by atoms with Gasteiger partial charge in [0, 0.05) is 47.5 Å². The molecular formula is C29H37N5O4S. The van der Waals surface area contributed by atoms with E-state index in [9.17, 15) is 14.4 Å². The Hall–Kier alpha value is -3.92. The molecular weight excluding hydrogens is 514 g/mol. The van der Waals surface area contributed by atoms with Crippen molar-refractivity contribution < 1.29 is 19.1 Å². The zero-order valence-corrected chi connectivity index (χ0v) is 24.4. The van der Waals surface area contributed by atoms with Crippen molar-refractivity contribution >= 4 is 40.4 Å². The molecule has 1 aromatic carbocycles. The van der Waals surface area contributed by atoms with E-state index in [4.69, 9.17) is 4.74 Å². The second-order valence-electron chi connectivity index (χ2n) is 10.5. The number of aromatic nitrogens is 1. The Morgan fingerprint density at radius 1 is 1.10 bits per heavy atom. The number of methoxy groups -OCH3 is 1. The Labute approximate surface area is 234 Å². The maximum atomic E-state index is 13.6. The van der Waals surface area contributed by atoms with Crippen LogP contribution in [0.1, 0.15) is 55.4 Å². The molecule has 0 aliphatic carbocycles. The van der Waals surface area contributed by atoms with Gasteiger partial charge in [-0.25, -0.2) is 9.78 Å². The van der Waals surface area contributed by atoms with Gasteiger partial charge in [0.05, 0.1) is 12.7 Å². The van der Waals surface area contributed by atoms with Crippen LogP contribution in [0.4, 0.5) is 15.5 Å². The lowest BCUT2D eigenvalue weighted by Crippen LogP contribution is -2.41. The Morgan fingerprint density at radius 3 is 2.41 bits per heavy atom. The number of urea groups is 1. The first-order chi connectivity index (χ1) is 18.4. The summed E-state index contributed by atoms with van der Waals surface area (Å²) in [7, 11) is 1.57. The summed E-state index contributed by atoms with van der Waals surface area (Å²) in [5, 5.41) is 8.94. The zero-order valence-electron chi connectivity index (χ0n) is 23.5. The van der Waals surface area contributed by atoms with E-state index in [2.05, 4.69) is 41.7 Å². The van der Waals surface area contributed by atoms with Crippen molar-refractivity contribution in [2.75, 3.05) is 30.8 Å². The van der Waals surface area contributed by atoms with Gasteiger partial charge in [0.15, 0.2) is 0 Å². The van der Waals surface area contributed by atoms with E-state index in [0.29, 0.717) is 41.6 Å². The monoisotopic (exact) mass is 551 g/mol. The quantitative estimate of drug-likeness (QED) is 0.222. The minimum atomic E-state index is -0.446. The zero-order chi connectivity index (χ0) is 28.7. The molecule has 0 unspecified atom stereocenters. The molecule has 0 saturated carbocycles. The van der Waals surface area contributed by atoms with Crippen molar-refractivity contribution in [3.05, 3.63) is 58.6 Å². The minimum Gasteiger partial charge on any atom is -0.481 e. The number of amides is 4. The Kier molecular flexibility index (Phi) is 9.69. The van der Waals surface area contributed by atoms with Gasteiger partial charge in [-0.3, -0.25) is 14.9 Å². The Balaban J connectivity index is 1.87. The van der Waals surface area contributed by atoms with Crippen LogP contribution < -0.4 is 20.7 Å². The van der Waals surface area contributed by atoms with Crippen LogP contribution in [0.3, 0.4) is 0 Å². The van der Waals surface area contributed by atoms with Crippen molar-refractivity contribution in [3.63, 3.8) is 0 Å². The molecule has 3 aromatic rings. The predicted molar refractivity (Wildman–Crippen MR) is 157 cm³/mol. The number of thiophene rings is 1. The number of ether oxygens (including phenoxy) is 1. The Morgan fingerprint density at radius 2 is 1.82 bits per heavy atom. The molecule has 4 amide bonds. The standard InChI is InChI=1S/C29H37N5O4S/c1-18(2)34(13-12-30-17-35)27(36)22-15-24(29(4,5)6)39-26(22)33-28(37)32-23-14-20(9-8-19(23)3)21-10-11-25(38-7)31-16-21/h8-11,14-18H,12-13H2,1-7H3,(H,30,35)(H2,32,33,37). The number of rotatable bonds is 10. The molecule has 0 saturated heterocycles. The normalized spacial score (nSPS) is 11.2. The highest BCUT2D eigenvalue weighted by atomic mass is 32.1. The molecule has 3 rings (SSSR count). The molecule has 3 N–H and O–H groups in total. The summed E-state index contributed by atoms with van der Waals surface area (Å²) in [5.74, 6) is 0.320. The molecule has 2 heterocycles. The fourth-order valence-electron chi connectivity index (χ4n) is 3.87. The number of carbonyl (C=O) groups excluding carboxylic acids is 3. The molecule has 0 aliphatic heterocycles. The van der Waals surface area contributed by atoms with Gasteiger partial charge in [0.1, 0.15) is 5.00 Å². The highest BCUT2D eigenvalue weighted by Gasteiger charge is 2.28. The lowest BCUT2D eigenvalue weighted by Gasteiger charge is -2.27. The highest BCUT2D eigenvalue weighted by Crippen LogP contribution is 2.37. The number of hydrogen-bond donors (Lipinski definition) is 3. The van der Waals surface area contributed by atoms with Crippen LogP contribution in [0, 0.1) is 6.92 Å². The van der Waals surface area contributed by atoms with Gasteiger partial charge in [0.25, 0.3) is 5.91 Å². The number of hydrogen-bond acceptors (Lipinski definition) is 6. The van der Waals surface area contributed by atoms with E-state index in [1.165, 1.54) is 11.3 Å². The van der Waals surface area contributed by atoms with Crippen LogP contribution in [0.2, 0.25) is 0 Å². The maximum Gasteiger partial charge on any atom is 0.324 e. The number of carbonyl (C=O) groups is 3. The number of nitrogens with one attached hydrogen (secondary N) is 3. The number of pyridine rings is 1. The van der Waals surface area contributed by atoms with Gasteiger partial charge in [-0.2, -0.15) is 0 Å². The molecule has 0 atom stereocenters. The predicted octanol–water partition coefficient (Wildman–Crippen LogP) is 5.67. The van der Waals surface area contributed by atoms with E-state index >= 15 is 0 Å². The van der Waals surface area contributed by atoms with E-state index < -0.39 is 6.03 Å². The SMILES string of the molecule is COc1ccc(-c2ccc(C)c(NC(=O)Nc3sc(C(C)(C)C)cc3C(=O)N(CCNC=O)C(C)C)c2)cn1. The number of nitrogens with zero attached hydrogens (tertiary/aromatic N) is 2. The second kappa shape index (κ2) is 12.8. The first-order valence-electron chi connectivity index (χ1n) is 12.8. The average Bonchev–Trinajstić information content (AvgIpc) is 3.32. The molecule has 0 bridgehead atoms. The summed E-state index contributed by atoms with van der Waals surface area (Å²) in [6, 6.07) is 10.8. The minimum absolute atomic E-state index is 0.0940. The molecule has 0 radical (unpaired) electrons. The molecule has 39 heavy (non-hydrogen) atoms. The fourth-order valence-corrected chi connectivity index (χ4v) is 4.97. The van der Waals surface area contributed by atoms with Gasteiger partial charge in [0.2, 0.25) is 12.3 Å². The van der Waals surface area contributed by atoms with E-state index in [1.54, 1.807) is 24.3 Å². The molecule has 10 heteroatoms. The summed E-state index contributed by atoms with van der Waals surface area (Å²) in [4.78, 5) is 44.4. The smallest absolute Gasteiger partial charge is 0.324 e. The maximum absolute atomic E-state index is 13.6. The summed E-state index contributed by atoms with van der Waals surface area (Å²) >= 11 is 1.39. The summed E-state index contributed by atoms with van der Waals surface area (Å²) in [5.41, 5.74) is 3.53. The van der Waals surface area contributed by atoms with Crippen LogP contribution in [0.15, 0.2) is 42.6 Å². The van der Waals surface area contributed by atoms with Gasteiger partial charge in [-0.15, -0.1) is 11.3 Å². The van der Waals surface area contributed by atoms with Crippen LogP contribution in [0.25, 0.3) is 11.1 Å². The van der Waals surface area contributed by atoms with Crippen LogP contribution in [0.5, 0.6) is 5.88 Å². The van der Waals surface area contributed by atoms with Crippen molar-refractivity contribution in [1.82, 2.24) is 15.2 Å². The summed E-state index contributed by atoms with van der Waals surface area (Å²) in [6.45, 7) is 12.6. The van der Waals surface area contributed by atoms with Crippen LogP contribution >= 0.6 is 11.3 Å². The van der Waals surface area contributed by atoms with Crippen molar-refractivity contribution in [3.8, 4) is 17.0 Å². The summed E-state index contributed by atoms with van der Waals surface area (Å²) in [6.07, 6.45) is 2.33. The third-order valence-corrected chi connectivity index (χ3v) is 7.63. The lowest BCUT2D eigenvalue weighted by molar-refractivity contribution is -0.109. The van der Waals surface area contributed by atoms with E-state index in [0.717, 1.165) is 21.6 Å². The third-order valence-electron chi connectivity index (χ3n) is 6.16. The molecule has 208 valence electrons. The summed E-state index contributed by atoms with van der Waals surface area (Å²) < 4.78 is 5.14. The Bertz CT molecular complexity index is 1310. The van der Waals surface area contributed by atoms with Gasteiger partial charge < -0.3 is 20.3 Å². The first kappa shape index (κ1) is 29.6. The van der Waals surface area contributed by atoms with Gasteiger partial charge >= 0.3 is 6.03 Å². The number of anilines is 2. The molecule has 9 nitrogen and oxygen atoms in total. The fraction of sp³-hybridized carbons (Fsp3) is 0.379. The highest BCUT2D eigenvalue weighted by molar-refractivity contribution is 7.16. The average molecular weight is 552 g/mol. The number of benzene rings is 1. The van der Waals surface area contributed by atoms with Crippen LogP contribution in [-0.2, 0) is 10.2 Å². The van der Waals surface area contributed by atoms with Crippen molar-refractivity contribution in [2.45, 2.75) is 53.0 Å². The second-order valence-corrected chi connectivity index (χ2v) is 11.5. The molecule has 0 aliphatic rings. The van der Waals surface area contributed by atoms with E-state index in [1.807, 2.05) is 51.1 Å². The topological polar surface area (TPSA) is 113 Å². The van der Waals surface area contributed by atoms with Crippen molar-refractivity contribution in [1.29, 1.82) is 0 Å². The third kappa shape index (κ3) is 7.57. The molecule has 0 spiro atoms. The van der Waals surface area contributed by atoms with E-state index in [-0.39, 0.29) is 17.4 Å². The molecule has 0 fully saturated rings. The largest absolute Gasteiger partial charge is 0.481 e. The van der Waals surface area contributed by atoms with Crippen molar-refractivity contribution in [2.24, 2.45) is 0 Å². The molecule has 2 aromatic heterocycles. The number of aryl methyl sites for hydroxylation is 1. The van der Waals surface area contributed by atoms with Gasteiger partial charge in [-0.1, -0.05) is 32.9 Å². The van der Waals surface area contributed by atoms with Crippen LogP contribution in [-0.4, -0.2) is 54.5 Å². The first-order valence-corrected chi connectivity index (χ1v) is 13.6. The lowest BCUT2D eigenvalue weighted by atomic mass is 9.94.